The largest absolute Gasteiger partial charge is 0.342 e. The molecule has 24 heavy (non-hydrogen) atoms. The molecule has 0 spiro atoms. The van der Waals surface area contributed by atoms with Crippen LogP contribution in [0.3, 0.4) is 0 Å². The third-order valence-corrected chi connectivity index (χ3v) is 6.23. The average Bonchev–Trinajstić information content (AvgIpc) is 3.15. The molecule has 7 nitrogen and oxygen atoms in total. The number of aryl methyl sites for hydroxylation is 1. The van der Waals surface area contributed by atoms with E-state index in [1.165, 1.54) is 23.9 Å². The molecule has 0 saturated carbocycles. The molecule has 9 heteroatoms. The Kier molecular flexibility index (Phi) is 4.58. The summed E-state index contributed by atoms with van der Waals surface area (Å²) in [5.41, 5.74) is 1.35. The molecule has 1 saturated heterocycles. The van der Waals surface area contributed by atoms with Crippen LogP contribution < -0.4 is 5.14 Å². The van der Waals surface area contributed by atoms with E-state index in [-0.39, 0.29) is 16.1 Å². The summed E-state index contributed by atoms with van der Waals surface area (Å²) in [5.74, 6) is 0.120. The van der Waals surface area contributed by atoms with Crippen molar-refractivity contribution in [2.24, 2.45) is 12.2 Å². The molecule has 1 aromatic carbocycles. The van der Waals surface area contributed by atoms with E-state index >= 15 is 0 Å². The number of thioether (sulfide) groups is 1. The van der Waals surface area contributed by atoms with Crippen LogP contribution in [0.2, 0.25) is 0 Å². The average molecular weight is 368 g/mol. The lowest BCUT2D eigenvalue weighted by Crippen LogP contribution is -2.34. The third-order valence-electron chi connectivity index (χ3n) is 4.19. The highest BCUT2D eigenvalue weighted by atomic mass is 32.2. The molecular weight excluding hydrogens is 348 g/mol. The molecular formula is C15H20N4O3S2. The van der Waals surface area contributed by atoms with Gasteiger partial charge in [0.1, 0.15) is 0 Å². The van der Waals surface area contributed by atoms with Crippen LogP contribution in [0.15, 0.2) is 28.3 Å². The van der Waals surface area contributed by atoms with Crippen LogP contribution >= 0.6 is 11.8 Å². The summed E-state index contributed by atoms with van der Waals surface area (Å²) in [4.78, 5) is 18.8. The standard InChI is InChI=1S/C15H20N4O3S2/c1-10(14(20)19-7-3-4-8-19)23-15-17-12-9-11(24(16,21)22)5-6-13(12)18(15)2/h5-6,9-10H,3-4,7-8H2,1-2H3,(H2,16,21,22)/t10-/m0/s1. The molecule has 0 bridgehead atoms. The molecule has 1 aromatic heterocycles. The quantitative estimate of drug-likeness (QED) is 0.821. The zero-order valence-corrected chi connectivity index (χ0v) is 15.2. The highest BCUT2D eigenvalue weighted by Crippen LogP contribution is 2.28. The fourth-order valence-corrected chi connectivity index (χ4v) is 4.35. The number of aromatic nitrogens is 2. The molecule has 1 amide bonds. The van der Waals surface area contributed by atoms with Crippen LogP contribution in [-0.4, -0.2) is 47.1 Å². The number of nitrogens with zero attached hydrogens (tertiary/aromatic N) is 3. The van der Waals surface area contributed by atoms with E-state index in [0.29, 0.717) is 10.7 Å². The Hall–Kier alpha value is -1.58. The summed E-state index contributed by atoms with van der Waals surface area (Å²) >= 11 is 1.38. The van der Waals surface area contributed by atoms with Crippen LogP contribution in [0.25, 0.3) is 11.0 Å². The maximum atomic E-state index is 12.4. The fraction of sp³-hybridized carbons (Fsp3) is 0.467. The highest BCUT2D eigenvalue weighted by Gasteiger charge is 2.25. The van der Waals surface area contributed by atoms with E-state index in [2.05, 4.69) is 4.98 Å². The summed E-state index contributed by atoms with van der Waals surface area (Å²) < 4.78 is 24.8. The molecule has 1 aliphatic rings. The highest BCUT2D eigenvalue weighted by molar-refractivity contribution is 8.00. The maximum absolute atomic E-state index is 12.4. The molecule has 0 radical (unpaired) electrons. The number of benzene rings is 1. The molecule has 3 rings (SSSR count). The third kappa shape index (κ3) is 3.28. The molecule has 1 fully saturated rings. The molecule has 130 valence electrons. The number of amides is 1. The molecule has 2 N–H and O–H groups in total. The normalized spacial score (nSPS) is 16.7. The van der Waals surface area contributed by atoms with Gasteiger partial charge in [-0.25, -0.2) is 18.5 Å². The Labute approximate surface area is 145 Å². The van der Waals surface area contributed by atoms with Gasteiger partial charge in [0.25, 0.3) is 0 Å². The Morgan fingerprint density at radius 1 is 1.33 bits per heavy atom. The number of fused-ring (bicyclic) bond motifs is 1. The van der Waals surface area contributed by atoms with Gasteiger partial charge in [-0.2, -0.15) is 0 Å². The van der Waals surface area contributed by atoms with Gasteiger partial charge in [-0.05, 0) is 38.0 Å². The van der Waals surface area contributed by atoms with Crippen molar-refractivity contribution in [3.63, 3.8) is 0 Å². The predicted molar refractivity (Wildman–Crippen MR) is 93.2 cm³/mol. The summed E-state index contributed by atoms with van der Waals surface area (Å²) in [6.45, 7) is 3.52. The van der Waals surface area contributed by atoms with E-state index in [4.69, 9.17) is 5.14 Å². The second kappa shape index (κ2) is 6.38. The number of hydrogen-bond acceptors (Lipinski definition) is 5. The van der Waals surface area contributed by atoms with Gasteiger partial charge in [-0.15, -0.1) is 0 Å². The fourth-order valence-electron chi connectivity index (χ4n) is 2.84. The van der Waals surface area contributed by atoms with Crippen molar-refractivity contribution in [3.8, 4) is 0 Å². The van der Waals surface area contributed by atoms with Gasteiger partial charge in [-0.1, -0.05) is 11.8 Å². The second-order valence-electron chi connectivity index (χ2n) is 5.94. The minimum Gasteiger partial charge on any atom is -0.342 e. The van der Waals surface area contributed by atoms with Crippen molar-refractivity contribution in [2.75, 3.05) is 13.1 Å². The number of nitrogens with two attached hydrogens (primary N) is 1. The zero-order chi connectivity index (χ0) is 17.5. The summed E-state index contributed by atoms with van der Waals surface area (Å²) in [6.07, 6.45) is 2.12. The van der Waals surface area contributed by atoms with E-state index in [1.54, 1.807) is 6.07 Å². The minimum atomic E-state index is -3.76. The van der Waals surface area contributed by atoms with Gasteiger partial charge in [0, 0.05) is 20.1 Å². The van der Waals surface area contributed by atoms with E-state index in [0.717, 1.165) is 31.4 Å². The molecule has 1 atom stereocenters. The van der Waals surface area contributed by atoms with Crippen molar-refractivity contribution in [1.82, 2.24) is 14.5 Å². The molecule has 0 unspecified atom stereocenters. The zero-order valence-electron chi connectivity index (χ0n) is 13.6. The summed E-state index contributed by atoms with van der Waals surface area (Å²) in [6, 6.07) is 4.60. The number of imidazole rings is 1. The van der Waals surface area contributed by atoms with Gasteiger partial charge < -0.3 is 9.47 Å². The van der Waals surface area contributed by atoms with Crippen molar-refractivity contribution < 1.29 is 13.2 Å². The minimum absolute atomic E-state index is 0.0332. The number of rotatable bonds is 4. The number of primary sulfonamides is 1. The van der Waals surface area contributed by atoms with Crippen molar-refractivity contribution in [2.45, 2.75) is 35.1 Å². The van der Waals surface area contributed by atoms with Crippen molar-refractivity contribution in [3.05, 3.63) is 18.2 Å². The van der Waals surface area contributed by atoms with Gasteiger partial charge in [0.2, 0.25) is 15.9 Å². The lowest BCUT2D eigenvalue weighted by atomic mass is 10.3. The SMILES string of the molecule is C[C@H](Sc1nc2cc(S(N)(=O)=O)ccc2n1C)C(=O)N1CCCC1. The van der Waals surface area contributed by atoms with Gasteiger partial charge in [-0.3, -0.25) is 4.79 Å². The first kappa shape index (κ1) is 17.2. The second-order valence-corrected chi connectivity index (χ2v) is 8.81. The van der Waals surface area contributed by atoms with Gasteiger partial charge in [0.05, 0.1) is 21.2 Å². The number of sulfonamides is 1. The first-order valence-electron chi connectivity index (χ1n) is 7.72. The number of carbonyl (C=O) groups excluding carboxylic acids is 1. The Balaban J connectivity index is 1.86. The Morgan fingerprint density at radius 2 is 2.00 bits per heavy atom. The predicted octanol–water partition coefficient (Wildman–Crippen LogP) is 1.32. The number of hydrogen-bond donors (Lipinski definition) is 1. The van der Waals surface area contributed by atoms with Crippen molar-refractivity contribution in [1.29, 1.82) is 0 Å². The van der Waals surface area contributed by atoms with Crippen LogP contribution in [0.1, 0.15) is 19.8 Å². The van der Waals surface area contributed by atoms with E-state index in [1.807, 2.05) is 23.4 Å². The Bertz CT molecular complexity index is 886. The molecule has 1 aliphatic heterocycles. The van der Waals surface area contributed by atoms with Crippen LogP contribution in [-0.2, 0) is 21.9 Å². The summed E-state index contributed by atoms with van der Waals surface area (Å²) in [5, 5.41) is 5.60. The van der Waals surface area contributed by atoms with E-state index < -0.39 is 10.0 Å². The first-order valence-corrected chi connectivity index (χ1v) is 10.1. The molecule has 2 aromatic rings. The lowest BCUT2D eigenvalue weighted by Gasteiger charge is -2.19. The topological polar surface area (TPSA) is 98.3 Å². The van der Waals surface area contributed by atoms with Crippen LogP contribution in [0.4, 0.5) is 0 Å². The van der Waals surface area contributed by atoms with Crippen LogP contribution in [0, 0.1) is 0 Å². The first-order chi connectivity index (χ1) is 11.3. The number of likely N-dealkylation sites (tertiary alicyclic amines) is 1. The molecule has 0 aliphatic carbocycles. The summed E-state index contributed by atoms with van der Waals surface area (Å²) in [7, 11) is -1.91. The van der Waals surface area contributed by atoms with Gasteiger partial charge in [0.15, 0.2) is 5.16 Å². The van der Waals surface area contributed by atoms with Gasteiger partial charge >= 0.3 is 0 Å². The number of carbonyl (C=O) groups is 1. The lowest BCUT2D eigenvalue weighted by molar-refractivity contribution is -0.129. The Morgan fingerprint density at radius 3 is 2.62 bits per heavy atom. The van der Waals surface area contributed by atoms with Crippen LogP contribution in [0.5, 0.6) is 0 Å². The smallest absolute Gasteiger partial charge is 0.238 e. The molecule has 2 heterocycles. The monoisotopic (exact) mass is 368 g/mol. The maximum Gasteiger partial charge on any atom is 0.238 e. The van der Waals surface area contributed by atoms with Crippen molar-refractivity contribution >= 4 is 38.7 Å². The van der Waals surface area contributed by atoms with E-state index in [9.17, 15) is 13.2 Å².